The van der Waals surface area contributed by atoms with Gasteiger partial charge in [-0.1, -0.05) is 44.2 Å². The van der Waals surface area contributed by atoms with Crippen LogP contribution in [-0.2, 0) is 6.54 Å². The maximum absolute atomic E-state index is 9.11. The number of benzene rings is 1. The summed E-state index contributed by atoms with van der Waals surface area (Å²) in [7, 11) is 0. The summed E-state index contributed by atoms with van der Waals surface area (Å²) in [6.07, 6.45) is 2.28. The molecule has 0 fully saturated rings. The van der Waals surface area contributed by atoms with E-state index in [2.05, 4.69) is 43.0 Å². The van der Waals surface area contributed by atoms with E-state index in [1.54, 1.807) is 0 Å². The molecule has 2 heteroatoms. The van der Waals surface area contributed by atoms with Gasteiger partial charge >= 0.3 is 0 Å². The molecule has 0 saturated heterocycles. The zero-order valence-corrected chi connectivity index (χ0v) is 10.4. The quantitative estimate of drug-likeness (QED) is 0.765. The standard InChI is InChI=1S/C14H23NO/c1-3-14(4-2)15(10-11-16)12-13-8-6-5-7-9-13/h5-9,14,16H,3-4,10-12H2,1-2H3. The molecule has 0 aliphatic rings. The number of aliphatic hydroxyl groups is 1. The van der Waals surface area contributed by atoms with Crippen molar-refractivity contribution in [2.75, 3.05) is 13.2 Å². The molecule has 2 nitrogen and oxygen atoms in total. The molecule has 0 aliphatic carbocycles. The molecular formula is C14H23NO. The molecule has 0 aliphatic heterocycles. The fourth-order valence-corrected chi connectivity index (χ4v) is 2.14. The lowest BCUT2D eigenvalue weighted by Gasteiger charge is -2.29. The Labute approximate surface area is 98.9 Å². The molecule has 90 valence electrons. The first-order chi connectivity index (χ1) is 7.81. The number of nitrogens with zero attached hydrogens (tertiary/aromatic N) is 1. The Balaban J connectivity index is 2.63. The highest BCUT2D eigenvalue weighted by Gasteiger charge is 2.14. The molecule has 1 aromatic rings. The van der Waals surface area contributed by atoms with Crippen LogP contribution in [0.2, 0.25) is 0 Å². The van der Waals surface area contributed by atoms with E-state index < -0.39 is 0 Å². The van der Waals surface area contributed by atoms with Crippen LogP contribution in [-0.4, -0.2) is 29.2 Å². The summed E-state index contributed by atoms with van der Waals surface area (Å²) in [5.41, 5.74) is 1.32. The fourth-order valence-electron chi connectivity index (χ4n) is 2.14. The molecule has 1 N–H and O–H groups in total. The zero-order chi connectivity index (χ0) is 11.8. The molecule has 0 atom stereocenters. The first kappa shape index (κ1) is 13.2. The first-order valence-electron chi connectivity index (χ1n) is 6.20. The van der Waals surface area contributed by atoms with Crippen molar-refractivity contribution in [3.63, 3.8) is 0 Å². The minimum absolute atomic E-state index is 0.239. The van der Waals surface area contributed by atoms with Gasteiger partial charge < -0.3 is 5.11 Å². The normalized spacial score (nSPS) is 11.3. The van der Waals surface area contributed by atoms with Crippen molar-refractivity contribution in [3.05, 3.63) is 35.9 Å². The Bertz CT molecular complexity index is 269. The topological polar surface area (TPSA) is 23.5 Å². The van der Waals surface area contributed by atoms with Gasteiger partial charge in [0.2, 0.25) is 0 Å². The summed E-state index contributed by atoms with van der Waals surface area (Å²) in [5.74, 6) is 0. The van der Waals surface area contributed by atoms with E-state index in [1.807, 2.05) is 6.07 Å². The van der Waals surface area contributed by atoms with Crippen LogP contribution in [0.5, 0.6) is 0 Å². The van der Waals surface area contributed by atoms with Crippen molar-refractivity contribution < 1.29 is 5.11 Å². The molecular weight excluding hydrogens is 198 g/mol. The second-order valence-electron chi connectivity index (χ2n) is 4.15. The molecule has 0 aromatic heterocycles. The zero-order valence-electron chi connectivity index (χ0n) is 10.4. The van der Waals surface area contributed by atoms with Crippen molar-refractivity contribution in [2.24, 2.45) is 0 Å². The van der Waals surface area contributed by atoms with Crippen molar-refractivity contribution in [3.8, 4) is 0 Å². The molecule has 0 unspecified atom stereocenters. The Morgan fingerprint density at radius 1 is 1.12 bits per heavy atom. The second-order valence-corrected chi connectivity index (χ2v) is 4.15. The number of hydrogen-bond acceptors (Lipinski definition) is 2. The van der Waals surface area contributed by atoms with Crippen molar-refractivity contribution >= 4 is 0 Å². The predicted molar refractivity (Wildman–Crippen MR) is 68.3 cm³/mol. The van der Waals surface area contributed by atoms with Crippen LogP contribution in [0, 0.1) is 0 Å². The number of hydrogen-bond donors (Lipinski definition) is 1. The summed E-state index contributed by atoms with van der Waals surface area (Å²) >= 11 is 0. The van der Waals surface area contributed by atoms with Gasteiger partial charge in [-0.2, -0.15) is 0 Å². The molecule has 0 heterocycles. The van der Waals surface area contributed by atoms with E-state index in [9.17, 15) is 0 Å². The fraction of sp³-hybridized carbons (Fsp3) is 0.571. The second kappa shape index (κ2) is 7.42. The Hall–Kier alpha value is -0.860. The average molecular weight is 221 g/mol. The maximum atomic E-state index is 9.11. The lowest BCUT2D eigenvalue weighted by Crippen LogP contribution is -2.36. The molecule has 1 aromatic carbocycles. The number of rotatable bonds is 7. The third kappa shape index (κ3) is 3.95. The summed E-state index contributed by atoms with van der Waals surface area (Å²) in [4.78, 5) is 2.37. The van der Waals surface area contributed by atoms with E-state index in [0.29, 0.717) is 6.04 Å². The molecule has 0 spiro atoms. The smallest absolute Gasteiger partial charge is 0.0558 e. The minimum Gasteiger partial charge on any atom is -0.395 e. The van der Waals surface area contributed by atoms with Gasteiger partial charge in [-0.3, -0.25) is 4.90 Å². The summed E-state index contributed by atoms with van der Waals surface area (Å²) in [6.45, 7) is 6.37. The monoisotopic (exact) mass is 221 g/mol. The lowest BCUT2D eigenvalue weighted by atomic mass is 10.1. The van der Waals surface area contributed by atoms with Crippen LogP contribution in [0.15, 0.2) is 30.3 Å². The average Bonchev–Trinajstić information content (AvgIpc) is 2.32. The Morgan fingerprint density at radius 3 is 2.25 bits per heavy atom. The summed E-state index contributed by atoms with van der Waals surface area (Å²) < 4.78 is 0. The van der Waals surface area contributed by atoms with Crippen LogP contribution in [0.4, 0.5) is 0 Å². The third-order valence-corrected chi connectivity index (χ3v) is 3.07. The summed E-state index contributed by atoms with van der Waals surface area (Å²) in [5, 5.41) is 9.11. The van der Waals surface area contributed by atoms with Gasteiger partial charge in [0.15, 0.2) is 0 Å². The SMILES string of the molecule is CCC(CC)N(CCO)Cc1ccccc1. The van der Waals surface area contributed by atoms with Gasteiger partial charge in [-0.05, 0) is 18.4 Å². The van der Waals surface area contributed by atoms with Gasteiger partial charge in [0.05, 0.1) is 6.61 Å². The van der Waals surface area contributed by atoms with Gasteiger partial charge in [0, 0.05) is 19.1 Å². The largest absolute Gasteiger partial charge is 0.395 e. The minimum atomic E-state index is 0.239. The van der Waals surface area contributed by atoms with Crippen molar-refractivity contribution in [1.82, 2.24) is 4.90 Å². The van der Waals surface area contributed by atoms with Gasteiger partial charge in [0.1, 0.15) is 0 Å². The Morgan fingerprint density at radius 2 is 1.75 bits per heavy atom. The highest BCUT2D eigenvalue weighted by atomic mass is 16.3. The van der Waals surface area contributed by atoms with Crippen LogP contribution >= 0.6 is 0 Å². The van der Waals surface area contributed by atoms with Crippen LogP contribution in [0.1, 0.15) is 32.3 Å². The van der Waals surface area contributed by atoms with Crippen LogP contribution < -0.4 is 0 Å². The lowest BCUT2D eigenvalue weighted by molar-refractivity contribution is 0.136. The highest BCUT2D eigenvalue weighted by Crippen LogP contribution is 2.12. The molecule has 1 rings (SSSR count). The Kier molecular flexibility index (Phi) is 6.12. The first-order valence-corrected chi connectivity index (χ1v) is 6.20. The van der Waals surface area contributed by atoms with Crippen LogP contribution in [0.3, 0.4) is 0 Å². The van der Waals surface area contributed by atoms with E-state index >= 15 is 0 Å². The molecule has 0 amide bonds. The van der Waals surface area contributed by atoms with E-state index in [-0.39, 0.29) is 6.61 Å². The molecule has 0 saturated carbocycles. The van der Waals surface area contributed by atoms with Crippen LogP contribution in [0.25, 0.3) is 0 Å². The van der Waals surface area contributed by atoms with Crippen molar-refractivity contribution in [2.45, 2.75) is 39.3 Å². The third-order valence-electron chi connectivity index (χ3n) is 3.07. The molecule has 0 bridgehead atoms. The van der Waals surface area contributed by atoms with Gasteiger partial charge in [-0.15, -0.1) is 0 Å². The van der Waals surface area contributed by atoms with Gasteiger partial charge in [0.25, 0.3) is 0 Å². The van der Waals surface area contributed by atoms with E-state index in [4.69, 9.17) is 5.11 Å². The molecule has 16 heavy (non-hydrogen) atoms. The highest BCUT2D eigenvalue weighted by molar-refractivity contribution is 5.14. The van der Waals surface area contributed by atoms with Crippen molar-refractivity contribution in [1.29, 1.82) is 0 Å². The number of aliphatic hydroxyl groups excluding tert-OH is 1. The molecule has 0 radical (unpaired) electrons. The van der Waals surface area contributed by atoms with Gasteiger partial charge in [-0.25, -0.2) is 0 Å². The predicted octanol–water partition coefficient (Wildman–Crippen LogP) is 2.67. The van der Waals surface area contributed by atoms with E-state index in [0.717, 1.165) is 25.9 Å². The maximum Gasteiger partial charge on any atom is 0.0558 e. The summed E-state index contributed by atoms with van der Waals surface area (Å²) in [6, 6.07) is 11.0. The van der Waals surface area contributed by atoms with E-state index in [1.165, 1.54) is 5.56 Å².